The maximum absolute atomic E-state index is 12.1. The van der Waals surface area contributed by atoms with E-state index in [4.69, 9.17) is 10.8 Å². The van der Waals surface area contributed by atoms with E-state index in [9.17, 15) is 9.59 Å². The van der Waals surface area contributed by atoms with Crippen molar-refractivity contribution in [3.05, 3.63) is 18.2 Å². The highest BCUT2D eigenvalue weighted by Gasteiger charge is 2.35. The lowest BCUT2D eigenvalue weighted by Gasteiger charge is -2.20. The van der Waals surface area contributed by atoms with Gasteiger partial charge >= 0.3 is 5.97 Å². The Morgan fingerprint density at radius 3 is 3.00 bits per heavy atom. The summed E-state index contributed by atoms with van der Waals surface area (Å²) in [5.41, 5.74) is 5.68. The van der Waals surface area contributed by atoms with Gasteiger partial charge in [-0.2, -0.15) is 0 Å². The smallest absolute Gasteiger partial charge is 0.326 e. The Bertz CT molecular complexity index is 457. The van der Waals surface area contributed by atoms with E-state index < -0.39 is 12.0 Å². The number of carbonyl (C=O) groups excluding carboxylic acids is 1. The van der Waals surface area contributed by atoms with E-state index in [1.165, 1.54) is 11.2 Å². The monoisotopic (exact) mass is 252 g/mol. The highest BCUT2D eigenvalue weighted by molar-refractivity contribution is 5.95. The Labute approximate surface area is 104 Å². The highest BCUT2D eigenvalue weighted by Crippen LogP contribution is 2.19. The van der Waals surface area contributed by atoms with Crippen LogP contribution in [0.4, 0.5) is 0 Å². The zero-order valence-corrected chi connectivity index (χ0v) is 9.95. The third-order valence-corrected chi connectivity index (χ3v) is 3.04. The minimum absolute atomic E-state index is 0.275. The van der Waals surface area contributed by atoms with Gasteiger partial charge in [0.1, 0.15) is 11.7 Å². The molecule has 1 amide bonds. The molecule has 98 valence electrons. The van der Waals surface area contributed by atoms with Crippen LogP contribution in [0.3, 0.4) is 0 Å². The highest BCUT2D eigenvalue weighted by atomic mass is 16.4. The number of amides is 1. The third kappa shape index (κ3) is 2.35. The fourth-order valence-electron chi connectivity index (χ4n) is 2.16. The number of nitrogens with zero attached hydrogens (tertiary/aromatic N) is 3. The van der Waals surface area contributed by atoms with E-state index in [0.717, 1.165) is 0 Å². The van der Waals surface area contributed by atoms with Crippen molar-refractivity contribution in [2.24, 2.45) is 5.73 Å². The molecule has 0 bridgehead atoms. The van der Waals surface area contributed by atoms with Crippen molar-refractivity contribution in [3.8, 4) is 0 Å². The maximum atomic E-state index is 12.1. The molecular weight excluding hydrogens is 236 g/mol. The van der Waals surface area contributed by atoms with Gasteiger partial charge in [0.15, 0.2) is 0 Å². The average molecular weight is 252 g/mol. The third-order valence-electron chi connectivity index (χ3n) is 3.04. The zero-order valence-electron chi connectivity index (χ0n) is 9.95. The summed E-state index contributed by atoms with van der Waals surface area (Å²) >= 11 is 0. The van der Waals surface area contributed by atoms with Crippen LogP contribution in [0.2, 0.25) is 0 Å². The summed E-state index contributed by atoms with van der Waals surface area (Å²) in [6.45, 7) is 1.52. The second-order valence-electron chi connectivity index (χ2n) is 4.28. The Morgan fingerprint density at radius 1 is 1.56 bits per heavy atom. The van der Waals surface area contributed by atoms with E-state index in [0.29, 0.717) is 32.5 Å². The standard InChI is InChI=1S/C11H16N4O3/c12-3-5-14-6-8(13-7-14)10(16)15-4-1-2-9(15)11(17)18/h6-7,9H,1-5,12H2,(H,17,18). The van der Waals surface area contributed by atoms with Gasteiger partial charge in [-0.05, 0) is 12.8 Å². The predicted molar refractivity (Wildman–Crippen MR) is 63.0 cm³/mol. The van der Waals surface area contributed by atoms with Crippen LogP contribution in [-0.4, -0.2) is 50.6 Å². The van der Waals surface area contributed by atoms with E-state index in [2.05, 4.69) is 4.98 Å². The van der Waals surface area contributed by atoms with Gasteiger partial charge in [-0.3, -0.25) is 4.79 Å². The summed E-state index contributed by atoms with van der Waals surface area (Å²) in [6, 6.07) is -0.725. The molecule has 3 N–H and O–H groups in total. The lowest BCUT2D eigenvalue weighted by atomic mass is 10.2. The fraction of sp³-hybridized carbons (Fsp3) is 0.545. The van der Waals surface area contributed by atoms with Crippen LogP contribution in [0.1, 0.15) is 23.3 Å². The summed E-state index contributed by atoms with van der Waals surface area (Å²) in [6.07, 6.45) is 4.36. The molecule has 0 saturated carbocycles. The van der Waals surface area contributed by atoms with Crippen molar-refractivity contribution in [1.82, 2.24) is 14.5 Å². The molecule has 2 heterocycles. The minimum atomic E-state index is -0.956. The topological polar surface area (TPSA) is 101 Å². The van der Waals surface area contributed by atoms with E-state index in [1.807, 2.05) is 0 Å². The number of imidazole rings is 1. The first-order valence-electron chi connectivity index (χ1n) is 5.89. The number of carboxylic acids is 1. The normalized spacial score (nSPS) is 19.2. The van der Waals surface area contributed by atoms with Crippen LogP contribution in [0.15, 0.2) is 12.5 Å². The Morgan fingerprint density at radius 2 is 2.33 bits per heavy atom. The van der Waals surface area contributed by atoms with Gasteiger partial charge in [0.25, 0.3) is 5.91 Å². The molecule has 0 aliphatic carbocycles. The van der Waals surface area contributed by atoms with Gasteiger partial charge in [0.05, 0.1) is 6.33 Å². The molecule has 1 aromatic heterocycles. The number of carboxylic acid groups (broad SMARTS) is 1. The molecule has 1 aromatic rings. The summed E-state index contributed by atoms with van der Waals surface area (Å²) in [5.74, 6) is -1.28. The number of aromatic nitrogens is 2. The molecule has 18 heavy (non-hydrogen) atoms. The fourth-order valence-corrected chi connectivity index (χ4v) is 2.16. The average Bonchev–Trinajstić information content (AvgIpc) is 2.96. The first-order chi connectivity index (χ1) is 8.63. The van der Waals surface area contributed by atoms with Crippen LogP contribution in [0.25, 0.3) is 0 Å². The van der Waals surface area contributed by atoms with Gasteiger partial charge in [-0.25, -0.2) is 9.78 Å². The first kappa shape index (κ1) is 12.6. The molecule has 1 atom stereocenters. The molecule has 0 spiro atoms. The van der Waals surface area contributed by atoms with Crippen LogP contribution in [0.5, 0.6) is 0 Å². The second kappa shape index (κ2) is 5.18. The van der Waals surface area contributed by atoms with E-state index >= 15 is 0 Å². The molecular formula is C11H16N4O3. The van der Waals surface area contributed by atoms with Crippen LogP contribution in [0, 0.1) is 0 Å². The van der Waals surface area contributed by atoms with Crippen molar-refractivity contribution >= 4 is 11.9 Å². The Hall–Kier alpha value is -1.89. The van der Waals surface area contributed by atoms with Crippen molar-refractivity contribution in [2.75, 3.05) is 13.1 Å². The summed E-state index contributed by atoms with van der Waals surface area (Å²) in [4.78, 5) is 28.5. The lowest BCUT2D eigenvalue weighted by molar-refractivity contribution is -0.141. The molecule has 1 saturated heterocycles. The van der Waals surface area contributed by atoms with Crippen molar-refractivity contribution in [2.45, 2.75) is 25.4 Å². The molecule has 1 aliphatic rings. The number of aliphatic carboxylic acids is 1. The largest absolute Gasteiger partial charge is 0.480 e. The number of nitrogens with two attached hydrogens (primary N) is 1. The van der Waals surface area contributed by atoms with Gasteiger partial charge < -0.3 is 20.3 Å². The number of carbonyl (C=O) groups is 2. The molecule has 2 rings (SSSR count). The first-order valence-corrected chi connectivity index (χ1v) is 5.89. The minimum Gasteiger partial charge on any atom is -0.480 e. The number of hydrogen-bond donors (Lipinski definition) is 2. The Kier molecular flexibility index (Phi) is 3.61. The molecule has 7 nitrogen and oxygen atoms in total. The molecule has 0 radical (unpaired) electrons. The summed E-state index contributed by atoms with van der Waals surface area (Å²) in [5, 5.41) is 9.03. The maximum Gasteiger partial charge on any atom is 0.326 e. The van der Waals surface area contributed by atoms with Crippen molar-refractivity contribution < 1.29 is 14.7 Å². The van der Waals surface area contributed by atoms with Gasteiger partial charge in [0, 0.05) is 25.8 Å². The molecule has 1 unspecified atom stereocenters. The molecule has 0 aromatic carbocycles. The molecule has 7 heteroatoms. The van der Waals surface area contributed by atoms with Crippen LogP contribution in [-0.2, 0) is 11.3 Å². The van der Waals surface area contributed by atoms with Crippen molar-refractivity contribution in [1.29, 1.82) is 0 Å². The van der Waals surface area contributed by atoms with Gasteiger partial charge in [-0.1, -0.05) is 0 Å². The number of likely N-dealkylation sites (tertiary alicyclic amines) is 1. The van der Waals surface area contributed by atoms with Gasteiger partial charge in [0.2, 0.25) is 0 Å². The van der Waals surface area contributed by atoms with E-state index in [1.54, 1.807) is 10.8 Å². The molecule has 1 aliphatic heterocycles. The van der Waals surface area contributed by atoms with Crippen molar-refractivity contribution in [3.63, 3.8) is 0 Å². The second-order valence-corrected chi connectivity index (χ2v) is 4.28. The lowest BCUT2D eigenvalue weighted by Crippen LogP contribution is -2.40. The quantitative estimate of drug-likeness (QED) is 0.754. The number of rotatable bonds is 4. The predicted octanol–water partition coefficient (Wildman–Crippen LogP) is -0.469. The van der Waals surface area contributed by atoms with E-state index in [-0.39, 0.29) is 11.6 Å². The van der Waals surface area contributed by atoms with Crippen LogP contribution < -0.4 is 5.73 Å². The van der Waals surface area contributed by atoms with Crippen LogP contribution >= 0.6 is 0 Å². The molecule has 1 fully saturated rings. The SMILES string of the molecule is NCCn1cnc(C(=O)N2CCCC2C(=O)O)c1. The Balaban J connectivity index is 2.12. The summed E-state index contributed by atoms with van der Waals surface area (Å²) in [7, 11) is 0. The zero-order chi connectivity index (χ0) is 13.1. The summed E-state index contributed by atoms with van der Waals surface area (Å²) < 4.78 is 1.72. The number of hydrogen-bond acceptors (Lipinski definition) is 4. The van der Waals surface area contributed by atoms with Gasteiger partial charge in [-0.15, -0.1) is 0 Å².